The molecule has 1 saturated carbocycles. The molecule has 0 bridgehead atoms. The summed E-state index contributed by atoms with van der Waals surface area (Å²) in [5.41, 5.74) is 0.888. The summed E-state index contributed by atoms with van der Waals surface area (Å²) in [5.74, 6) is 0.333. The third-order valence-electron chi connectivity index (χ3n) is 2.83. The normalized spacial score (nSPS) is 26.0. The zero-order valence-electron chi connectivity index (χ0n) is 10.0. The third kappa shape index (κ3) is 5.03. The van der Waals surface area contributed by atoms with E-state index in [1.54, 1.807) is 0 Å². The van der Waals surface area contributed by atoms with Gasteiger partial charge in [0, 0.05) is 23.9 Å². The Hall–Kier alpha value is -0.480. The fourth-order valence-electron chi connectivity index (χ4n) is 2.08. The van der Waals surface area contributed by atoms with Crippen LogP contribution >= 0.6 is 11.8 Å². The van der Waals surface area contributed by atoms with Crippen molar-refractivity contribution in [2.45, 2.75) is 44.4 Å². The minimum atomic E-state index is -0.856. The van der Waals surface area contributed by atoms with Crippen LogP contribution in [-0.2, 0) is 4.79 Å². The first-order valence-electron chi connectivity index (χ1n) is 5.87. The number of thioether (sulfide) groups is 1. The molecule has 0 aromatic heterocycles. The van der Waals surface area contributed by atoms with Gasteiger partial charge in [0.15, 0.2) is 0 Å². The lowest BCUT2D eigenvalue weighted by Gasteiger charge is -2.12. The Morgan fingerprint density at radius 3 is 2.94 bits per heavy atom. The number of hydrogen-bond donors (Lipinski definition) is 2. The second-order valence-corrected chi connectivity index (χ2v) is 5.87. The predicted molar refractivity (Wildman–Crippen MR) is 69.0 cm³/mol. The Kier molecular flexibility index (Phi) is 5.91. The molecule has 0 spiro atoms. The van der Waals surface area contributed by atoms with Crippen LogP contribution in [-0.4, -0.2) is 34.7 Å². The van der Waals surface area contributed by atoms with Crippen LogP contribution < -0.4 is 5.32 Å². The Bertz CT molecular complexity index is 266. The highest BCUT2D eigenvalue weighted by Crippen LogP contribution is 2.29. The number of aliphatic carboxylic acids is 1. The lowest BCUT2D eigenvalue weighted by molar-refractivity contribution is -0.131. The van der Waals surface area contributed by atoms with E-state index in [1.165, 1.54) is 31.1 Å². The molecule has 1 rings (SSSR count). The van der Waals surface area contributed by atoms with Gasteiger partial charge in [-0.2, -0.15) is 11.8 Å². The van der Waals surface area contributed by atoms with E-state index in [0.29, 0.717) is 12.6 Å². The van der Waals surface area contributed by atoms with Crippen LogP contribution in [0, 0.1) is 0 Å². The van der Waals surface area contributed by atoms with Crippen molar-refractivity contribution >= 4 is 17.7 Å². The van der Waals surface area contributed by atoms with Gasteiger partial charge in [-0.3, -0.25) is 0 Å². The molecular formula is C12H21NO2S. The zero-order chi connectivity index (χ0) is 12.0. The van der Waals surface area contributed by atoms with Gasteiger partial charge in [-0.05, 0) is 31.9 Å². The Labute approximate surface area is 102 Å². The van der Waals surface area contributed by atoms with Gasteiger partial charge < -0.3 is 10.4 Å². The smallest absolute Gasteiger partial charge is 0.328 e. The molecule has 16 heavy (non-hydrogen) atoms. The molecule has 0 aromatic carbocycles. The van der Waals surface area contributed by atoms with Gasteiger partial charge in [-0.1, -0.05) is 12.5 Å². The van der Waals surface area contributed by atoms with Crippen LogP contribution in [0.1, 0.15) is 33.1 Å². The van der Waals surface area contributed by atoms with Gasteiger partial charge in [-0.15, -0.1) is 0 Å². The summed E-state index contributed by atoms with van der Waals surface area (Å²) in [7, 11) is 0. The average Bonchev–Trinajstić information content (AvgIpc) is 2.62. The summed E-state index contributed by atoms with van der Waals surface area (Å²) < 4.78 is 0. The van der Waals surface area contributed by atoms with Gasteiger partial charge >= 0.3 is 5.97 Å². The molecule has 1 aliphatic rings. The Morgan fingerprint density at radius 2 is 2.31 bits per heavy atom. The minimum Gasteiger partial charge on any atom is -0.478 e. The summed E-state index contributed by atoms with van der Waals surface area (Å²) in [6.07, 6.45) is 5.01. The van der Waals surface area contributed by atoms with E-state index in [-0.39, 0.29) is 0 Å². The third-order valence-corrected chi connectivity index (χ3v) is 4.06. The first kappa shape index (κ1) is 13.6. The SMILES string of the molecule is CCSC1CCC(NCC(C)=CC(=O)O)C1. The topological polar surface area (TPSA) is 49.3 Å². The standard InChI is InChI=1S/C12H21NO2S/c1-3-16-11-5-4-10(7-11)13-8-9(2)6-12(14)15/h6,10-11,13H,3-5,7-8H2,1-2H3,(H,14,15). The highest BCUT2D eigenvalue weighted by atomic mass is 32.2. The van der Waals surface area contributed by atoms with Crippen molar-refractivity contribution in [1.82, 2.24) is 5.32 Å². The van der Waals surface area contributed by atoms with E-state index >= 15 is 0 Å². The second-order valence-electron chi connectivity index (χ2n) is 4.30. The molecule has 2 atom stereocenters. The monoisotopic (exact) mass is 243 g/mol. The van der Waals surface area contributed by atoms with E-state index in [2.05, 4.69) is 12.2 Å². The van der Waals surface area contributed by atoms with Crippen LogP contribution in [0.5, 0.6) is 0 Å². The number of carbonyl (C=O) groups is 1. The van der Waals surface area contributed by atoms with E-state index in [4.69, 9.17) is 5.11 Å². The maximum Gasteiger partial charge on any atom is 0.328 e. The number of nitrogens with one attached hydrogen (secondary N) is 1. The molecule has 0 saturated heterocycles. The molecule has 0 aliphatic heterocycles. The molecule has 0 heterocycles. The lowest BCUT2D eigenvalue weighted by atomic mass is 10.2. The van der Waals surface area contributed by atoms with Gasteiger partial charge in [0.25, 0.3) is 0 Å². The molecule has 2 unspecified atom stereocenters. The fourth-order valence-corrected chi connectivity index (χ4v) is 3.22. The summed E-state index contributed by atoms with van der Waals surface area (Å²) in [4.78, 5) is 10.4. The first-order valence-corrected chi connectivity index (χ1v) is 6.91. The maximum absolute atomic E-state index is 10.4. The summed E-state index contributed by atoms with van der Waals surface area (Å²) in [6, 6.07) is 0.571. The molecule has 92 valence electrons. The molecule has 1 aliphatic carbocycles. The number of carboxylic acids is 1. The molecule has 4 heteroatoms. The average molecular weight is 243 g/mol. The Morgan fingerprint density at radius 1 is 1.56 bits per heavy atom. The molecular weight excluding hydrogens is 222 g/mol. The largest absolute Gasteiger partial charge is 0.478 e. The van der Waals surface area contributed by atoms with E-state index in [0.717, 1.165) is 10.8 Å². The van der Waals surface area contributed by atoms with Crippen molar-refractivity contribution in [1.29, 1.82) is 0 Å². The number of hydrogen-bond acceptors (Lipinski definition) is 3. The summed E-state index contributed by atoms with van der Waals surface area (Å²) in [6.45, 7) is 4.75. The maximum atomic E-state index is 10.4. The van der Waals surface area contributed by atoms with Crippen molar-refractivity contribution in [2.75, 3.05) is 12.3 Å². The minimum absolute atomic E-state index is 0.571. The van der Waals surface area contributed by atoms with Crippen molar-refractivity contribution in [3.8, 4) is 0 Å². The van der Waals surface area contributed by atoms with Crippen LogP contribution in [0.15, 0.2) is 11.6 Å². The molecule has 3 nitrogen and oxygen atoms in total. The van der Waals surface area contributed by atoms with Crippen LogP contribution in [0.3, 0.4) is 0 Å². The molecule has 1 fully saturated rings. The summed E-state index contributed by atoms with van der Waals surface area (Å²) >= 11 is 2.04. The van der Waals surface area contributed by atoms with Gasteiger partial charge in [0.2, 0.25) is 0 Å². The molecule has 0 aromatic rings. The quantitative estimate of drug-likeness (QED) is 0.703. The van der Waals surface area contributed by atoms with Gasteiger partial charge in [0.1, 0.15) is 0 Å². The van der Waals surface area contributed by atoms with Crippen molar-refractivity contribution in [3.63, 3.8) is 0 Å². The zero-order valence-corrected chi connectivity index (χ0v) is 10.8. The summed E-state index contributed by atoms with van der Waals surface area (Å²) in [5, 5.41) is 12.8. The van der Waals surface area contributed by atoms with Crippen molar-refractivity contribution in [2.24, 2.45) is 0 Å². The number of carboxylic acid groups (broad SMARTS) is 1. The van der Waals surface area contributed by atoms with E-state index in [9.17, 15) is 4.79 Å². The van der Waals surface area contributed by atoms with E-state index < -0.39 is 5.97 Å². The van der Waals surface area contributed by atoms with Gasteiger partial charge in [-0.25, -0.2) is 4.79 Å². The van der Waals surface area contributed by atoms with Crippen molar-refractivity contribution in [3.05, 3.63) is 11.6 Å². The molecule has 0 amide bonds. The number of rotatable bonds is 6. The van der Waals surface area contributed by atoms with Crippen LogP contribution in [0.25, 0.3) is 0 Å². The van der Waals surface area contributed by atoms with Crippen LogP contribution in [0.4, 0.5) is 0 Å². The molecule has 2 N–H and O–H groups in total. The van der Waals surface area contributed by atoms with Crippen LogP contribution in [0.2, 0.25) is 0 Å². The fraction of sp³-hybridized carbons (Fsp3) is 0.750. The van der Waals surface area contributed by atoms with Crippen molar-refractivity contribution < 1.29 is 9.90 Å². The highest BCUT2D eigenvalue weighted by Gasteiger charge is 2.23. The predicted octanol–water partition coefficient (Wildman–Crippen LogP) is 2.28. The highest BCUT2D eigenvalue weighted by molar-refractivity contribution is 7.99. The van der Waals surface area contributed by atoms with Gasteiger partial charge in [0.05, 0.1) is 0 Å². The Balaban J connectivity index is 2.22. The second kappa shape index (κ2) is 6.97. The lowest BCUT2D eigenvalue weighted by Crippen LogP contribution is -2.28. The van der Waals surface area contributed by atoms with E-state index in [1.807, 2.05) is 18.7 Å². The molecule has 0 radical (unpaired) electrons. The first-order chi connectivity index (χ1) is 7.61.